The molecule has 1 fully saturated rings. The van der Waals surface area contributed by atoms with Crippen molar-refractivity contribution in [2.24, 2.45) is 5.92 Å². The smallest absolute Gasteiger partial charge is 0.408 e. The second-order valence-corrected chi connectivity index (χ2v) is 8.99. The van der Waals surface area contributed by atoms with E-state index in [1.165, 1.54) is 11.3 Å². The standard InChI is InChI=1S/C20H27N3O4S/c1-20(2,3)27-19(25)23-15(10-13-8-9-21-12-26-11-13)17(24)18-22-14-6-4-5-7-16(14)28-18/h4-7,13,15,21H,8-12H2,1-3H3,(H,23,25)/t13-,15-/m0/s1. The molecule has 2 atom stereocenters. The maximum atomic E-state index is 13.2. The van der Waals surface area contributed by atoms with Crippen molar-refractivity contribution in [3.63, 3.8) is 0 Å². The summed E-state index contributed by atoms with van der Waals surface area (Å²) in [5.74, 6) is -0.0301. The van der Waals surface area contributed by atoms with Crippen LogP contribution in [0.15, 0.2) is 24.3 Å². The van der Waals surface area contributed by atoms with Crippen molar-refractivity contribution in [1.82, 2.24) is 15.6 Å². The first-order valence-corrected chi connectivity index (χ1v) is 10.3. The third kappa shape index (κ3) is 5.73. The predicted molar refractivity (Wildman–Crippen MR) is 109 cm³/mol. The van der Waals surface area contributed by atoms with Crippen LogP contribution < -0.4 is 10.6 Å². The number of nitrogens with one attached hydrogen (secondary N) is 2. The molecular formula is C20H27N3O4S. The van der Waals surface area contributed by atoms with Crippen LogP contribution in [0.1, 0.15) is 43.4 Å². The summed E-state index contributed by atoms with van der Waals surface area (Å²) in [6.45, 7) is 7.25. The lowest BCUT2D eigenvalue weighted by atomic mass is 9.95. The van der Waals surface area contributed by atoms with Gasteiger partial charge in [0, 0.05) is 0 Å². The number of alkyl carbamates (subject to hydrolysis) is 1. The van der Waals surface area contributed by atoms with E-state index in [1.54, 1.807) is 20.8 Å². The molecule has 3 rings (SSSR count). The number of para-hydroxylation sites is 1. The van der Waals surface area contributed by atoms with E-state index < -0.39 is 17.7 Å². The largest absolute Gasteiger partial charge is 0.444 e. The minimum Gasteiger partial charge on any atom is -0.444 e. The number of hydrogen-bond acceptors (Lipinski definition) is 7. The highest BCUT2D eigenvalue weighted by Crippen LogP contribution is 2.24. The number of carbonyl (C=O) groups is 2. The number of carbonyl (C=O) groups excluding carboxylic acids is 2. The molecule has 0 radical (unpaired) electrons. The van der Waals surface area contributed by atoms with Gasteiger partial charge in [-0.3, -0.25) is 10.1 Å². The average Bonchev–Trinajstić information content (AvgIpc) is 2.89. The maximum Gasteiger partial charge on any atom is 0.408 e. The number of Topliss-reactive ketones (excluding diaryl/α,β-unsaturated/α-hetero) is 1. The minimum atomic E-state index is -0.706. The summed E-state index contributed by atoms with van der Waals surface area (Å²) in [6, 6.07) is 6.92. The molecule has 1 aromatic carbocycles. The van der Waals surface area contributed by atoms with Crippen LogP contribution in [0.4, 0.5) is 4.79 Å². The van der Waals surface area contributed by atoms with Gasteiger partial charge >= 0.3 is 6.09 Å². The van der Waals surface area contributed by atoms with Crippen molar-refractivity contribution in [1.29, 1.82) is 0 Å². The summed E-state index contributed by atoms with van der Waals surface area (Å²) in [7, 11) is 0. The van der Waals surface area contributed by atoms with Gasteiger partial charge in [0.05, 0.1) is 29.6 Å². The van der Waals surface area contributed by atoms with Gasteiger partial charge in [0.2, 0.25) is 5.78 Å². The second-order valence-electron chi connectivity index (χ2n) is 7.96. The van der Waals surface area contributed by atoms with E-state index in [9.17, 15) is 9.59 Å². The molecule has 0 spiro atoms. The van der Waals surface area contributed by atoms with E-state index in [0.29, 0.717) is 24.8 Å². The van der Waals surface area contributed by atoms with Crippen molar-refractivity contribution in [3.05, 3.63) is 29.3 Å². The summed E-state index contributed by atoms with van der Waals surface area (Å²) >= 11 is 1.34. The van der Waals surface area contributed by atoms with E-state index in [4.69, 9.17) is 9.47 Å². The van der Waals surface area contributed by atoms with Crippen LogP contribution in [-0.4, -0.2) is 48.4 Å². The van der Waals surface area contributed by atoms with Crippen molar-refractivity contribution < 1.29 is 19.1 Å². The Morgan fingerprint density at radius 2 is 2.18 bits per heavy atom. The first kappa shape index (κ1) is 20.7. The Morgan fingerprint density at radius 3 is 2.93 bits per heavy atom. The van der Waals surface area contributed by atoms with E-state index in [1.807, 2.05) is 24.3 Å². The number of amides is 1. The fraction of sp³-hybridized carbons (Fsp3) is 0.550. The zero-order valence-corrected chi connectivity index (χ0v) is 17.3. The summed E-state index contributed by atoms with van der Waals surface area (Å²) in [5, 5.41) is 6.33. The first-order valence-electron chi connectivity index (χ1n) is 9.49. The molecule has 2 N–H and O–H groups in total. The van der Waals surface area contributed by atoms with Gasteiger partial charge in [0.1, 0.15) is 5.60 Å². The minimum absolute atomic E-state index is 0.160. The lowest BCUT2D eigenvalue weighted by Crippen LogP contribution is -2.44. The molecule has 28 heavy (non-hydrogen) atoms. The average molecular weight is 406 g/mol. The van der Waals surface area contributed by atoms with Gasteiger partial charge in [-0.05, 0) is 58.2 Å². The van der Waals surface area contributed by atoms with Crippen molar-refractivity contribution in [2.75, 3.05) is 19.9 Å². The van der Waals surface area contributed by atoms with Crippen molar-refractivity contribution >= 4 is 33.4 Å². The maximum absolute atomic E-state index is 13.2. The third-order valence-electron chi connectivity index (χ3n) is 4.37. The molecule has 0 saturated carbocycles. The summed E-state index contributed by atoms with van der Waals surface area (Å²) in [4.78, 5) is 30.0. The van der Waals surface area contributed by atoms with Gasteiger partial charge in [-0.25, -0.2) is 9.78 Å². The van der Waals surface area contributed by atoms with Gasteiger partial charge in [0.15, 0.2) is 5.01 Å². The number of thiazole rings is 1. The van der Waals surface area contributed by atoms with Gasteiger partial charge in [0.25, 0.3) is 0 Å². The molecule has 0 unspecified atom stereocenters. The fourth-order valence-corrected chi connectivity index (χ4v) is 4.05. The van der Waals surface area contributed by atoms with Crippen molar-refractivity contribution in [3.8, 4) is 0 Å². The molecular weight excluding hydrogens is 378 g/mol. The van der Waals surface area contributed by atoms with Crippen LogP contribution in [0, 0.1) is 5.92 Å². The van der Waals surface area contributed by atoms with Gasteiger partial charge in [-0.2, -0.15) is 0 Å². The highest BCUT2D eigenvalue weighted by atomic mass is 32.1. The number of nitrogens with zero attached hydrogens (tertiary/aromatic N) is 1. The van der Waals surface area contributed by atoms with Crippen molar-refractivity contribution in [2.45, 2.75) is 45.3 Å². The fourth-order valence-electron chi connectivity index (χ4n) is 3.09. The highest BCUT2D eigenvalue weighted by molar-refractivity contribution is 7.20. The Balaban J connectivity index is 1.78. The van der Waals surface area contributed by atoms with Gasteiger partial charge in [-0.15, -0.1) is 11.3 Å². The van der Waals surface area contributed by atoms with Crippen LogP contribution in [0.5, 0.6) is 0 Å². The Hall–Kier alpha value is -2.03. The summed E-state index contributed by atoms with van der Waals surface area (Å²) in [5.41, 5.74) is 0.150. The molecule has 152 valence electrons. The zero-order valence-electron chi connectivity index (χ0n) is 16.5. The summed E-state index contributed by atoms with van der Waals surface area (Å²) in [6.07, 6.45) is 0.759. The Labute approximate surface area is 168 Å². The summed E-state index contributed by atoms with van der Waals surface area (Å²) < 4.78 is 11.9. The third-order valence-corrected chi connectivity index (χ3v) is 5.42. The van der Waals surface area contributed by atoms with Crippen LogP contribution in [0.3, 0.4) is 0 Å². The molecule has 2 aromatic rings. The Kier molecular flexibility index (Phi) is 6.64. The number of aromatic nitrogens is 1. The first-order chi connectivity index (χ1) is 13.3. The number of ether oxygens (including phenoxy) is 2. The molecule has 0 aliphatic carbocycles. The topological polar surface area (TPSA) is 89.5 Å². The Bertz CT molecular complexity index is 789. The lowest BCUT2D eigenvalue weighted by Gasteiger charge is -2.24. The zero-order chi connectivity index (χ0) is 20.1. The molecule has 8 heteroatoms. The Morgan fingerprint density at radius 1 is 1.39 bits per heavy atom. The molecule has 1 aromatic heterocycles. The number of rotatable bonds is 5. The molecule has 1 amide bonds. The molecule has 1 aliphatic rings. The molecule has 0 bridgehead atoms. The monoisotopic (exact) mass is 405 g/mol. The van der Waals surface area contributed by atoms with Crippen LogP contribution in [0.2, 0.25) is 0 Å². The van der Waals surface area contributed by atoms with Crippen LogP contribution in [-0.2, 0) is 9.47 Å². The molecule has 2 heterocycles. The second kappa shape index (κ2) is 8.98. The van der Waals surface area contributed by atoms with Gasteiger partial charge < -0.3 is 14.8 Å². The van der Waals surface area contributed by atoms with Gasteiger partial charge in [-0.1, -0.05) is 12.1 Å². The number of fused-ring (bicyclic) bond motifs is 1. The van der Waals surface area contributed by atoms with E-state index in [0.717, 1.165) is 23.2 Å². The molecule has 1 saturated heterocycles. The number of ketones is 1. The predicted octanol–water partition coefficient (Wildman–Crippen LogP) is 3.35. The SMILES string of the molecule is CC(C)(C)OC(=O)N[C@@H](C[C@@H]1CCNCOC1)C(=O)c1nc2ccccc2s1. The van der Waals surface area contributed by atoms with E-state index in [2.05, 4.69) is 15.6 Å². The van der Waals surface area contributed by atoms with E-state index in [-0.39, 0.29) is 11.7 Å². The van der Waals surface area contributed by atoms with E-state index >= 15 is 0 Å². The number of benzene rings is 1. The molecule has 1 aliphatic heterocycles. The van der Waals surface area contributed by atoms with Crippen LogP contribution >= 0.6 is 11.3 Å². The normalized spacial score (nSPS) is 19.0. The highest BCUT2D eigenvalue weighted by Gasteiger charge is 2.30. The lowest BCUT2D eigenvalue weighted by molar-refractivity contribution is 0.0469. The van der Waals surface area contributed by atoms with Crippen LogP contribution in [0.25, 0.3) is 10.2 Å². The number of hydrogen-bond donors (Lipinski definition) is 2. The quantitative estimate of drug-likeness (QED) is 0.742. The molecule has 7 nitrogen and oxygen atoms in total.